The topological polar surface area (TPSA) is 49.5 Å². The summed E-state index contributed by atoms with van der Waals surface area (Å²) in [7, 11) is 0. The van der Waals surface area contributed by atoms with Gasteiger partial charge in [-0.05, 0) is 24.1 Å². The van der Waals surface area contributed by atoms with Crippen LogP contribution in [0, 0.1) is 5.82 Å². The van der Waals surface area contributed by atoms with E-state index in [-0.39, 0.29) is 11.8 Å². The van der Waals surface area contributed by atoms with E-state index in [2.05, 4.69) is 4.90 Å². The Morgan fingerprint density at radius 1 is 1.47 bits per heavy atom. The van der Waals surface area contributed by atoms with E-state index >= 15 is 0 Å². The maximum Gasteiger partial charge on any atom is 0.127 e. The van der Waals surface area contributed by atoms with Crippen molar-refractivity contribution in [2.24, 2.45) is 5.73 Å². The number of halogens is 1. The van der Waals surface area contributed by atoms with Crippen LogP contribution in [0.4, 0.5) is 4.39 Å². The summed E-state index contributed by atoms with van der Waals surface area (Å²) in [6, 6.07) is 4.38. The number of phenols is 1. The van der Waals surface area contributed by atoms with Crippen LogP contribution in [-0.2, 0) is 6.54 Å². The Morgan fingerprint density at radius 3 is 2.87 bits per heavy atom. The van der Waals surface area contributed by atoms with Crippen molar-refractivity contribution in [3.05, 3.63) is 29.6 Å². The summed E-state index contributed by atoms with van der Waals surface area (Å²) in [5.41, 5.74) is 6.57. The van der Waals surface area contributed by atoms with Gasteiger partial charge in [0.15, 0.2) is 0 Å². The molecule has 0 radical (unpaired) electrons. The molecule has 0 bridgehead atoms. The third kappa shape index (κ3) is 2.67. The van der Waals surface area contributed by atoms with E-state index in [1.807, 2.05) is 0 Å². The minimum absolute atomic E-state index is 0.0199. The van der Waals surface area contributed by atoms with Gasteiger partial charge in [0, 0.05) is 31.7 Å². The first-order valence-electron chi connectivity index (χ1n) is 5.10. The number of benzene rings is 1. The summed E-state index contributed by atoms with van der Waals surface area (Å²) in [6.45, 7) is 2.44. The first kappa shape index (κ1) is 10.4. The van der Waals surface area contributed by atoms with Crippen molar-refractivity contribution in [3.8, 4) is 5.75 Å². The number of hydrogen-bond donors (Lipinski definition) is 2. The van der Waals surface area contributed by atoms with Crippen LogP contribution in [-0.4, -0.2) is 29.1 Å². The number of phenolic OH excluding ortho intramolecular Hbond substituents is 1. The van der Waals surface area contributed by atoms with E-state index in [0.29, 0.717) is 6.54 Å². The van der Waals surface area contributed by atoms with Gasteiger partial charge in [-0.2, -0.15) is 0 Å². The molecule has 1 aliphatic heterocycles. The fraction of sp³-hybridized carbons (Fsp3) is 0.455. The molecule has 1 unspecified atom stereocenters. The first-order valence-corrected chi connectivity index (χ1v) is 5.10. The Balaban J connectivity index is 2.04. The lowest BCUT2D eigenvalue weighted by atomic mass is 10.2. The van der Waals surface area contributed by atoms with Gasteiger partial charge in [0.25, 0.3) is 0 Å². The molecular weight excluding hydrogens is 195 g/mol. The predicted molar refractivity (Wildman–Crippen MR) is 55.9 cm³/mol. The van der Waals surface area contributed by atoms with Crippen molar-refractivity contribution in [2.45, 2.75) is 19.0 Å². The molecule has 4 heteroatoms. The lowest BCUT2D eigenvalue weighted by Gasteiger charge is -2.15. The predicted octanol–water partition coefficient (Wildman–Crippen LogP) is 1.06. The Morgan fingerprint density at radius 2 is 2.27 bits per heavy atom. The van der Waals surface area contributed by atoms with Crippen LogP contribution >= 0.6 is 0 Å². The van der Waals surface area contributed by atoms with Crippen molar-refractivity contribution < 1.29 is 9.50 Å². The van der Waals surface area contributed by atoms with Crippen LogP contribution in [0.25, 0.3) is 0 Å². The third-order valence-electron chi connectivity index (χ3n) is 2.66. The lowest BCUT2D eigenvalue weighted by molar-refractivity contribution is 0.325. The third-order valence-corrected chi connectivity index (χ3v) is 2.66. The quantitative estimate of drug-likeness (QED) is 0.767. The molecule has 82 valence electrons. The van der Waals surface area contributed by atoms with Gasteiger partial charge in [-0.1, -0.05) is 0 Å². The molecular formula is C11H15FN2O. The number of likely N-dealkylation sites (tertiary alicyclic amines) is 1. The monoisotopic (exact) mass is 210 g/mol. The normalized spacial score (nSPS) is 22.1. The Bertz CT molecular complexity index is 336. The minimum Gasteiger partial charge on any atom is -0.508 e. The first-order chi connectivity index (χ1) is 7.13. The summed E-state index contributed by atoms with van der Waals surface area (Å²) in [5, 5.41) is 9.24. The zero-order valence-electron chi connectivity index (χ0n) is 8.49. The molecule has 1 saturated heterocycles. The maximum atomic E-state index is 13.0. The summed E-state index contributed by atoms with van der Waals surface area (Å²) in [5.74, 6) is -0.415. The van der Waals surface area contributed by atoms with E-state index < -0.39 is 5.82 Å². The highest BCUT2D eigenvalue weighted by molar-refractivity contribution is 5.28. The summed E-state index contributed by atoms with van der Waals surface area (Å²) < 4.78 is 13.0. The second-order valence-corrected chi connectivity index (χ2v) is 4.10. The second-order valence-electron chi connectivity index (χ2n) is 4.10. The minimum atomic E-state index is -0.395. The molecule has 15 heavy (non-hydrogen) atoms. The van der Waals surface area contributed by atoms with Crippen LogP contribution in [0.3, 0.4) is 0 Å². The summed E-state index contributed by atoms with van der Waals surface area (Å²) in [6.07, 6.45) is 0.987. The molecule has 3 N–H and O–H groups in total. The molecule has 1 aliphatic rings. The van der Waals surface area contributed by atoms with Crippen molar-refractivity contribution >= 4 is 0 Å². The van der Waals surface area contributed by atoms with E-state index in [4.69, 9.17) is 5.73 Å². The summed E-state index contributed by atoms with van der Waals surface area (Å²) in [4.78, 5) is 2.17. The van der Waals surface area contributed by atoms with Gasteiger partial charge in [0.1, 0.15) is 11.6 Å². The molecule has 1 aromatic carbocycles. The summed E-state index contributed by atoms with van der Waals surface area (Å²) >= 11 is 0. The average molecular weight is 210 g/mol. The number of rotatable bonds is 2. The molecule has 1 aromatic rings. The zero-order valence-corrected chi connectivity index (χ0v) is 8.49. The van der Waals surface area contributed by atoms with Gasteiger partial charge in [-0.25, -0.2) is 4.39 Å². The fourth-order valence-corrected chi connectivity index (χ4v) is 1.99. The van der Waals surface area contributed by atoms with Crippen LogP contribution in [0.15, 0.2) is 18.2 Å². The van der Waals surface area contributed by atoms with Crippen LogP contribution < -0.4 is 5.73 Å². The van der Waals surface area contributed by atoms with E-state index in [9.17, 15) is 9.50 Å². The molecule has 2 rings (SSSR count). The SMILES string of the molecule is NC1CCN(Cc2cc(O)cc(F)c2)C1. The molecule has 0 aliphatic carbocycles. The number of hydrogen-bond acceptors (Lipinski definition) is 3. The van der Waals surface area contributed by atoms with Crippen LogP contribution in [0.5, 0.6) is 5.75 Å². The van der Waals surface area contributed by atoms with Gasteiger partial charge in [-0.15, -0.1) is 0 Å². The highest BCUT2D eigenvalue weighted by atomic mass is 19.1. The molecule has 0 amide bonds. The van der Waals surface area contributed by atoms with E-state index in [1.165, 1.54) is 6.07 Å². The molecule has 1 fully saturated rings. The zero-order chi connectivity index (χ0) is 10.8. The van der Waals surface area contributed by atoms with E-state index in [0.717, 1.165) is 31.1 Å². The Labute approximate surface area is 88.3 Å². The van der Waals surface area contributed by atoms with Gasteiger partial charge in [-0.3, -0.25) is 4.90 Å². The molecule has 0 aromatic heterocycles. The maximum absolute atomic E-state index is 13.0. The standard InChI is InChI=1S/C11H15FN2O/c12-9-3-8(4-11(15)5-9)6-14-2-1-10(13)7-14/h3-5,10,15H,1-2,6-7,13H2. The molecule has 1 atom stereocenters. The smallest absolute Gasteiger partial charge is 0.127 e. The van der Waals surface area contributed by atoms with E-state index in [1.54, 1.807) is 6.07 Å². The average Bonchev–Trinajstić information content (AvgIpc) is 2.49. The highest BCUT2D eigenvalue weighted by Gasteiger charge is 2.19. The molecule has 1 heterocycles. The highest BCUT2D eigenvalue weighted by Crippen LogP contribution is 2.18. The van der Waals surface area contributed by atoms with Crippen molar-refractivity contribution in [1.82, 2.24) is 4.90 Å². The van der Waals surface area contributed by atoms with Gasteiger partial charge in [0.2, 0.25) is 0 Å². The van der Waals surface area contributed by atoms with Gasteiger partial charge < -0.3 is 10.8 Å². The van der Waals surface area contributed by atoms with Gasteiger partial charge in [0.05, 0.1) is 0 Å². The lowest BCUT2D eigenvalue weighted by Crippen LogP contribution is -2.26. The molecule has 3 nitrogen and oxygen atoms in total. The number of nitrogens with two attached hydrogens (primary N) is 1. The van der Waals surface area contributed by atoms with Gasteiger partial charge >= 0.3 is 0 Å². The van der Waals surface area contributed by atoms with Crippen molar-refractivity contribution in [1.29, 1.82) is 0 Å². The number of aromatic hydroxyl groups is 1. The van der Waals surface area contributed by atoms with Crippen LogP contribution in [0.2, 0.25) is 0 Å². The molecule has 0 spiro atoms. The Kier molecular flexibility index (Phi) is 2.88. The molecule has 0 saturated carbocycles. The Hall–Kier alpha value is -1.13. The van der Waals surface area contributed by atoms with Crippen molar-refractivity contribution in [3.63, 3.8) is 0 Å². The number of nitrogens with zero attached hydrogens (tertiary/aromatic N) is 1. The second kappa shape index (κ2) is 4.16. The van der Waals surface area contributed by atoms with Crippen LogP contribution in [0.1, 0.15) is 12.0 Å². The fourth-order valence-electron chi connectivity index (χ4n) is 1.99. The van der Waals surface area contributed by atoms with Crippen molar-refractivity contribution in [2.75, 3.05) is 13.1 Å². The largest absolute Gasteiger partial charge is 0.508 e.